The van der Waals surface area contributed by atoms with Crippen LogP contribution in [0.3, 0.4) is 0 Å². The number of anilines is 2. The van der Waals surface area contributed by atoms with E-state index in [0.717, 1.165) is 12.1 Å². The van der Waals surface area contributed by atoms with E-state index in [2.05, 4.69) is 10.3 Å². The van der Waals surface area contributed by atoms with Gasteiger partial charge >= 0.3 is 0 Å². The van der Waals surface area contributed by atoms with Gasteiger partial charge in [-0.05, 0) is 11.6 Å². The van der Waals surface area contributed by atoms with Gasteiger partial charge in [-0.1, -0.05) is 30.3 Å². The highest BCUT2D eigenvalue weighted by molar-refractivity contribution is 6.07. The Hall–Kier alpha value is -4.05. The average Bonchev–Trinajstić information content (AvgIpc) is 2.75. The minimum absolute atomic E-state index is 0.0657. The number of ether oxygens (including phenoxy) is 1. The summed E-state index contributed by atoms with van der Waals surface area (Å²) in [6, 6.07) is 12.8. The molecule has 10 heteroatoms. The first-order valence-electron chi connectivity index (χ1n) is 9.53. The van der Waals surface area contributed by atoms with Crippen LogP contribution in [0.2, 0.25) is 0 Å². The molecule has 2 aromatic carbocycles. The van der Waals surface area contributed by atoms with Gasteiger partial charge < -0.3 is 27.3 Å². The maximum absolute atomic E-state index is 14.6. The summed E-state index contributed by atoms with van der Waals surface area (Å²) < 4.78 is 34.4. The Labute approximate surface area is 182 Å². The zero-order chi connectivity index (χ0) is 23.3. The molecule has 1 heterocycles. The number of hydrogen-bond acceptors (Lipinski definition) is 6. The zero-order valence-corrected chi connectivity index (χ0v) is 16.8. The number of hydrogen-bond donors (Lipinski definition) is 4. The third-order valence-electron chi connectivity index (χ3n) is 4.73. The SMILES string of the molecule is NCC(c1ccccc1)C(C(N)=O)C(=O)Nc1cc(F)c(Oc2ccnc(N)c2)cc1F. The number of amides is 2. The lowest BCUT2D eigenvalue weighted by Crippen LogP contribution is -2.41. The molecule has 2 atom stereocenters. The van der Waals surface area contributed by atoms with Crippen molar-refractivity contribution in [2.24, 2.45) is 17.4 Å². The number of nitrogen functional groups attached to an aromatic ring is 1. The first kappa shape index (κ1) is 22.6. The van der Waals surface area contributed by atoms with E-state index in [9.17, 15) is 18.4 Å². The fourth-order valence-electron chi connectivity index (χ4n) is 3.21. The Morgan fingerprint density at radius 3 is 2.41 bits per heavy atom. The van der Waals surface area contributed by atoms with Crippen molar-refractivity contribution in [3.63, 3.8) is 0 Å². The van der Waals surface area contributed by atoms with Gasteiger partial charge in [0.25, 0.3) is 0 Å². The highest BCUT2D eigenvalue weighted by Crippen LogP contribution is 2.31. The van der Waals surface area contributed by atoms with Crippen molar-refractivity contribution >= 4 is 23.3 Å². The lowest BCUT2D eigenvalue weighted by Gasteiger charge is -2.23. The van der Waals surface area contributed by atoms with E-state index < -0.39 is 46.7 Å². The van der Waals surface area contributed by atoms with Crippen molar-refractivity contribution in [3.05, 3.63) is 78.0 Å². The van der Waals surface area contributed by atoms with Crippen LogP contribution >= 0.6 is 0 Å². The van der Waals surface area contributed by atoms with Gasteiger partial charge in [-0.25, -0.2) is 13.8 Å². The van der Waals surface area contributed by atoms with Gasteiger partial charge in [0.15, 0.2) is 17.4 Å². The van der Waals surface area contributed by atoms with Gasteiger partial charge in [0.05, 0.1) is 5.69 Å². The lowest BCUT2D eigenvalue weighted by molar-refractivity contribution is -0.131. The third-order valence-corrected chi connectivity index (χ3v) is 4.73. The van der Waals surface area contributed by atoms with Gasteiger partial charge in [0.1, 0.15) is 17.5 Å². The van der Waals surface area contributed by atoms with Crippen molar-refractivity contribution in [2.45, 2.75) is 5.92 Å². The minimum Gasteiger partial charge on any atom is -0.454 e. The highest BCUT2D eigenvalue weighted by Gasteiger charge is 2.34. The molecule has 0 aliphatic carbocycles. The fraction of sp³-hybridized carbons (Fsp3) is 0.136. The molecule has 0 bridgehead atoms. The van der Waals surface area contributed by atoms with E-state index in [0.29, 0.717) is 5.56 Å². The fourth-order valence-corrected chi connectivity index (χ4v) is 3.21. The molecule has 7 N–H and O–H groups in total. The molecule has 0 radical (unpaired) electrons. The largest absolute Gasteiger partial charge is 0.454 e. The Balaban J connectivity index is 1.84. The number of nitrogens with one attached hydrogen (secondary N) is 1. The van der Waals surface area contributed by atoms with Crippen LogP contribution in [0.1, 0.15) is 11.5 Å². The molecule has 2 unspecified atom stereocenters. The van der Waals surface area contributed by atoms with Gasteiger partial charge in [-0.2, -0.15) is 0 Å². The number of carbonyl (C=O) groups is 2. The average molecular weight is 441 g/mol. The molecule has 1 aromatic heterocycles. The second kappa shape index (κ2) is 9.84. The van der Waals surface area contributed by atoms with Crippen molar-refractivity contribution < 1.29 is 23.1 Å². The molecule has 3 aromatic rings. The van der Waals surface area contributed by atoms with Gasteiger partial charge in [0, 0.05) is 36.9 Å². The predicted molar refractivity (Wildman–Crippen MR) is 115 cm³/mol. The molecule has 0 aliphatic heterocycles. The van der Waals surface area contributed by atoms with Crippen LogP contribution in [0.5, 0.6) is 11.5 Å². The molecule has 3 rings (SSSR count). The van der Waals surface area contributed by atoms with Crippen LogP contribution in [0.4, 0.5) is 20.3 Å². The van der Waals surface area contributed by atoms with E-state index in [1.807, 2.05) is 0 Å². The quantitative estimate of drug-likeness (QED) is 0.395. The molecule has 0 saturated carbocycles. The topological polar surface area (TPSA) is 146 Å². The first-order valence-corrected chi connectivity index (χ1v) is 9.53. The molecule has 8 nitrogen and oxygen atoms in total. The van der Waals surface area contributed by atoms with Crippen LogP contribution in [-0.2, 0) is 9.59 Å². The monoisotopic (exact) mass is 441 g/mol. The standard InChI is InChI=1S/C22H21F2N5O3/c23-15-10-18(32-13-6-7-28-19(26)8-13)16(24)9-17(15)29-22(31)20(21(27)30)14(11-25)12-4-2-1-3-5-12/h1-10,14,20H,11,25H2,(H2,26,28)(H2,27,30)(H,29,31). The summed E-state index contributed by atoms with van der Waals surface area (Å²) in [7, 11) is 0. The molecule has 0 spiro atoms. The van der Waals surface area contributed by atoms with E-state index >= 15 is 0 Å². The van der Waals surface area contributed by atoms with Crippen LogP contribution in [0.25, 0.3) is 0 Å². The maximum Gasteiger partial charge on any atom is 0.237 e. The second-order valence-corrected chi connectivity index (χ2v) is 6.90. The van der Waals surface area contributed by atoms with E-state index in [4.69, 9.17) is 21.9 Å². The number of nitrogens with zero attached hydrogens (tertiary/aromatic N) is 1. The summed E-state index contributed by atoms with van der Waals surface area (Å²) in [6.45, 7) is -0.0657. The number of halogens is 2. The Morgan fingerprint density at radius 1 is 1.06 bits per heavy atom. The number of pyridine rings is 1. The van der Waals surface area contributed by atoms with Crippen molar-refractivity contribution in [2.75, 3.05) is 17.6 Å². The molecule has 0 fully saturated rings. The second-order valence-electron chi connectivity index (χ2n) is 6.90. The normalized spacial score (nSPS) is 12.6. The summed E-state index contributed by atoms with van der Waals surface area (Å²) in [6.07, 6.45) is 1.35. The molecule has 0 aliphatic rings. The van der Waals surface area contributed by atoms with E-state index in [1.54, 1.807) is 30.3 Å². The summed E-state index contributed by atoms with van der Waals surface area (Å²) in [4.78, 5) is 28.6. The van der Waals surface area contributed by atoms with Crippen LogP contribution < -0.4 is 27.3 Å². The maximum atomic E-state index is 14.6. The molecule has 32 heavy (non-hydrogen) atoms. The van der Waals surface area contributed by atoms with Crippen molar-refractivity contribution in [1.29, 1.82) is 0 Å². The number of aromatic nitrogens is 1. The van der Waals surface area contributed by atoms with Gasteiger partial charge in [0.2, 0.25) is 11.8 Å². The van der Waals surface area contributed by atoms with Crippen LogP contribution in [0, 0.1) is 17.6 Å². The number of primary amides is 1. The van der Waals surface area contributed by atoms with E-state index in [1.165, 1.54) is 18.3 Å². The summed E-state index contributed by atoms with van der Waals surface area (Å²) in [5.41, 5.74) is 16.9. The molecule has 2 amide bonds. The Morgan fingerprint density at radius 2 is 1.78 bits per heavy atom. The summed E-state index contributed by atoms with van der Waals surface area (Å²) >= 11 is 0. The number of nitrogens with two attached hydrogens (primary N) is 3. The predicted octanol–water partition coefficient (Wildman–Crippen LogP) is 2.52. The lowest BCUT2D eigenvalue weighted by atomic mass is 9.84. The van der Waals surface area contributed by atoms with Crippen LogP contribution in [-0.4, -0.2) is 23.3 Å². The van der Waals surface area contributed by atoms with Crippen molar-refractivity contribution in [1.82, 2.24) is 4.98 Å². The minimum atomic E-state index is -1.40. The molecule has 166 valence electrons. The first-order chi connectivity index (χ1) is 15.3. The zero-order valence-electron chi connectivity index (χ0n) is 16.8. The van der Waals surface area contributed by atoms with Crippen LogP contribution in [0.15, 0.2) is 60.8 Å². The number of benzene rings is 2. The van der Waals surface area contributed by atoms with E-state index in [-0.39, 0.29) is 18.1 Å². The third kappa shape index (κ3) is 5.16. The Bertz CT molecular complexity index is 1130. The summed E-state index contributed by atoms with van der Waals surface area (Å²) in [5, 5.41) is 2.22. The Kier molecular flexibility index (Phi) is 6.96. The van der Waals surface area contributed by atoms with Gasteiger partial charge in [-0.3, -0.25) is 9.59 Å². The van der Waals surface area contributed by atoms with Gasteiger partial charge in [-0.15, -0.1) is 0 Å². The number of carbonyl (C=O) groups excluding carboxylic acids is 2. The smallest absolute Gasteiger partial charge is 0.237 e. The molecular formula is C22H21F2N5O3. The molecule has 0 saturated heterocycles. The highest BCUT2D eigenvalue weighted by atomic mass is 19.1. The number of rotatable bonds is 8. The molecular weight excluding hydrogens is 420 g/mol. The summed E-state index contributed by atoms with van der Waals surface area (Å²) in [5.74, 6) is -6.09. The van der Waals surface area contributed by atoms with Crippen molar-refractivity contribution in [3.8, 4) is 11.5 Å².